The molecular weight excluding hydrogens is 256 g/mol. The molecule has 112 valence electrons. The minimum absolute atomic E-state index is 0.0167. The lowest BCUT2D eigenvalue weighted by Gasteiger charge is -2.30. The van der Waals surface area contributed by atoms with E-state index in [4.69, 9.17) is 9.47 Å². The number of carbonyl (C=O) groups excluding carboxylic acids is 2. The summed E-state index contributed by atoms with van der Waals surface area (Å²) >= 11 is 0. The molecule has 20 heavy (non-hydrogen) atoms. The van der Waals surface area contributed by atoms with Crippen molar-refractivity contribution in [2.24, 2.45) is 28.6 Å². The van der Waals surface area contributed by atoms with Gasteiger partial charge in [0.1, 0.15) is 12.2 Å². The van der Waals surface area contributed by atoms with Gasteiger partial charge in [0.15, 0.2) is 0 Å². The highest BCUT2D eigenvalue weighted by Crippen LogP contribution is 2.65. The van der Waals surface area contributed by atoms with E-state index in [1.807, 2.05) is 20.8 Å². The second-order valence-electron chi connectivity index (χ2n) is 7.80. The van der Waals surface area contributed by atoms with E-state index in [2.05, 4.69) is 13.8 Å². The third-order valence-electron chi connectivity index (χ3n) is 6.07. The topological polar surface area (TPSA) is 52.6 Å². The first-order valence-electron chi connectivity index (χ1n) is 7.61. The van der Waals surface area contributed by atoms with Gasteiger partial charge in [0, 0.05) is 11.8 Å². The monoisotopic (exact) mass is 280 g/mol. The molecule has 0 amide bonds. The van der Waals surface area contributed by atoms with E-state index < -0.39 is 5.41 Å². The molecule has 2 bridgehead atoms. The molecule has 1 aliphatic heterocycles. The molecule has 4 nitrogen and oxygen atoms in total. The van der Waals surface area contributed by atoms with Crippen molar-refractivity contribution < 1.29 is 19.1 Å². The molecule has 1 heterocycles. The number of hydrogen-bond acceptors (Lipinski definition) is 4. The van der Waals surface area contributed by atoms with Gasteiger partial charge in [0.25, 0.3) is 0 Å². The highest BCUT2D eigenvalue weighted by Gasteiger charge is 2.71. The Bertz CT molecular complexity index is 465. The average molecular weight is 280 g/mol. The average Bonchev–Trinajstić information content (AvgIpc) is 2.86. The first-order chi connectivity index (χ1) is 9.20. The van der Waals surface area contributed by atoms with Crippen LogP contribution in [0.15, 0.2) is 0 Å². The molecule has 0 N–H and O–H groups in total. The van der Waals surface area contributed by atoms with Gasteiger partial charge in [0.2, 0.25) is 0 Å². The molecule has 4 heteroatoms. The Morgan fingerprint density at radius 1 is 1.45 bits per heavy atom. The van der Waals surface area contributed by atoms with E-state index in [1.54, 1.807) is 0 Å². The minimum Gasteiger partial charge on any atom is -0.458 e. The zero-order valence-electron chi connectivity index (χ0n) is 12.9. The smallest absolute Gasteiger partial charge is 0.311 e. The Balaban J connectivity index is 1.83. The maximum atomic E-state index is 12.3. The molecule has 5 unspecified atom stereocenters. The number of hydrogen-bond donors (Lipinski definition) is 0. The highest BCUT2D eigenvalue weighted by molar-refractivity contribution is 5.78. The third-order valence-corrected chi connectivity index (χ3v) is 6.07. The second kappa shape index (κ2) is 3.99. The molecule has 0 aromatic rings. The number of fused-ring (bicyclic) bond motifs is 1. The summed E-state index contributed by atoms with van der Waals surface area (Å²) in [6.45, 7) is 10.1. The van der Waals surface area contributed by atoms with Crippen LogP contribution in [0.5, 0.6) is 0 Å². The van der Waals surface area contributed by atoms with Gasteiger partial charge < -0.3 is 9.47 Å². The molecule has 5 atom stereocenters. The van der Waals surface area contributed by atoms with Crippen molar-refractivity contribution in [2.45, 2.75) is 59.7 Å². The number of rotatable bonds is 3. The van der Waals surface area contributed by atoms with Crippen LogP contribution in [-0.4, -0.2) is 24.1 Å². The molecular formula is C16H24O4. The van der Waals surface area contributed by atoms with E-state index in [9.17, 15) is 9.59 Å². The minimum atomic E-state index is -0.478. The summed E-state index contributed by atoms with van der Waals surface area (Å²) in [6.07, 6.45) is 1.06. The van der Waals surface area contributed by atoms with Crippen LogP contribution in [0.2, 0.25) is 0 Å². The summed E-state index contributed by atoms with van der Waals surface area (Å²) < 4.78 is 11.3. The van der Waals surface area contributed by atoms with Crippen LogP contribution in [0.1, 0.15) is 47.5 Å². The maximum Gasteiger partial charge on any atom is 0.311 e. The van der Waals surface area contributed by atoms with Crippen molar-refractivity contribution in [1.29, 1.82) is 0 Å². The predicted octanol–water partition coefficient (Wildman–Crippen LogP) is 2.55. The van der Waals surface area contributed by atoms with E-state index in [0.717, 1.165) is 12.8 Å². The number of esters is 2. The van der Waals surface area contributed by atoms with E-state index in [-0.39, 0.29) is 47.3 Å². The highest BCUT2D eigenvalue weighted by atomic mass is 16.6. The van der Waals surface area contributed by atoms with E-state index in [0.29, 0.717) is 0 Å². The van der Waals surface area contributed by atoms with Gasteiger partial charge in [-0.15, -0.1) is 0 Å². The summed E-state index contributed by atoms with van der Waals surface area (Å²) in [5, 5.41) is 0. The molecule has 1 saturated heterocycles. The summed E-state index contributed by atoms with van der Waals surface area (Å²) in [6, 6.07) is 0. The predicted molar refractivity (Wildman–Crippen MR) is 72.7 cm³/mol. The van der Waals surface area contributed by atoms with Crippen LogP contribution in [0.3, 0.4) is 0 Å². The number of carbonyl (C=O) groups is 2. The van der Waals surface area contributed by atoms with Crippen molar-refractivity contribution in [1.82, 2.24) is 0 Å². The normalized spacial score (nSPS) is 40.9. The Morgan fingerprint density at radius 2 is 2.10 bits per heavy atom. The van der Waals surface area contributed by atoms with Crippen molar-refractivity contribution in [2.75, 3.05) is 0 Å². The van der Waals surface area contributed by atoms with Gasteiger partial charge in [-0.1, -0.05) is 20.8 Å². The largest absolute Gasteiger partial charge is 0.458 e. The van der Waals surface area contributed by atoms with Gasteiger partial charge in [0.05, 0.1) is 11.3 Å². The molecule has 0 spiro atoms. The van der Waals surface area contributed by atoms with Crippen LogP contribution >= 0.6 is 0 Å². The Kier molecular flexibility index (Phi) is 2.77. The molecule has 2 saturated carbocycles. The fourth-order valence-corrected chi connectivity index (χ4v) is 4.31. The summed E-state index contributed by atoms with van der Waals surface area (Å²) in [5.74, 6) is 0.207. The molecule has 3 rings (SSSR count). The SMILES string of the molecule is CCC(C)(C)C(=O)OC1C2OC(=O)C3CC1C(C)(C)C32. The second-order valence-corrected chi connectivity index (χ2v) is 7.80. The van der Waals surface area contributed by atoms with Crippen molar-refractivity contribution in [3.63, 3.8) is 0 Å². The van der Waals surface area contributed by atoms with Crippen LogP contribution < -0.4 is 0 Å². The molecule has 0 aromatic heterocycles. The number of ether oxygens (including phenoxy) is 2. The summed E-state index contributed by atoms with van der Waals surface area (Å²) in [7, 11) is 0. The van der Waals surface area contributed by atoms with Gasteiger partial charge in [-0.05, 0) is 32.1 Å². The van der Waals surface area contributed by atoms with Gasteiger partial charge in [-0.3, -0.25) is 9.59 Å². The zero-order chi connectivity index (χ0) is 14.9. The van der Waals surface area contributed by atoms with Crippen molar-refractivity contribution >= 4 is 11.9 Å². The van der Waals surface area contributed by atoms with E-state index >= 15 is 0 Å². The third kappa shape index (κ3) is 1.60. The van der Waals surface area contributed by atoms with Crippen LogP contribution in [0.25, 0.3) is 0 Å². The summed E-state index contributed by atoms with van der Waals surface area (Å²) in [5.41, 5.74) is -0.462. The Labute approximate surface area is 120 Å². The quantitative estimate of drug-likeness (QED) is 0.746. The standard InChI is InChI=1S/C16H24O4/c1-6-15(2,3)14(18)20-11-9-7-8-10(16(9,4)5)12(11)19-13(8)17/h8-12H,6-7H2,1-5H3. The van der Waals surface area contributed by atoms with Crippen molar-refractivity contribution in [3.8, 4) is 0 Å². The Morgan fingerprint density at radius 3 is 2.70 bits per heavy atom. The maximum absolute atomic E-state index is 12.3. The van der Waals surface area contributed by atoms with E-state index in [1.165, 1.54) is 0 Å². The fourth-order valence-electron chi connectivity index (χ4n) is 4.31. The lowest BCUT2D eigenvalue weighted by atomic mass is 9.80. The lowest BCUT2D eigenvalue weighted by molar-refractivity contribution is -0.170. The molecule has 2 aliphatic carbocycles. The van der Waals surface area contributed by atoms with Gasteiger partial charge in [-0.2, -0.15) is 0 Å². The fraction of sp³-hybridized carbons (Fsp3) is 0.875. The van der Waals surface area contributed by atoms with Crippen LogP contribution in [0, 0.1) is 28.6 Å². The van der Waals surface area contributed by atoms with Crippen LogP contribution in [0.4, 0.5) is 0 Å². The Hall–Kier alpha value is -1.06. The lowest BCUT2D eigenvalue weighted by Crippen LogP contribution is -2.39. The molecule has 3 fully saturated rings. The van der Waals surface area contributed by atoms with Crippen LogP contribution in [-0.2, 0) is 19.1 Å². The van der Waals surface area contributed by atoms with Gasteiger partial charge >= 0.3 is 11.9 Å². The first-order valence-corrected chi connectivity index (χ1v) is 7.61. The van der Waals surface area contributed by atoms with Crippen molar-refractivity contribution in [3.05, 3.63) is 0 Å². The molecule has 0 aromatic carbocycles. The molecule has 0 radical (unpaired) electrons. The first kappa shape index (κ1) is 13.9. The molecule has 3 aliphatic rings. The zero-order valence-corrected chi connectivity index (χ0v) is 12.9. The summed E-state index contributed by atoms with van der Waals surface area (Å²) in [4.78, 5) is 24.2. The van der Waals surface area contributed by atoms with Gasteiger partial charge in [-0.25, -0.2) is 0 Å².